The zero-order valence-electron chi connectivity index (χ0n) is 21.8. The molecule has 0 radical (unpaired) electrons. The van der Waals surface area contributed by atoms with Gasteiger partial charge in [0.1, 0.15) is 11.6 Å². The minimum absolute atomic E-state index is 0.0807. The number of amides is 4. The number of piperidine rings is 1. The van der Waals surface area contributed by atoms with Crippen molar-refractivity contribution in [2.75, 3.05) is 6.54 Å². The number of imide groups is 1. The van der Waals surface area contributed by atoms with E-state index in [9.17, 15) is 19.2 Å². The number of hydrogen-bond acceptors (Lipinski definition) is 6. The molecule has 9 nitrogen and oxygen atoms in total. The van der Waals surface area contributed by atoms with Crippen LogP contribution in [0.1, 0.15) is 87.2 Å². The molecule has 1 aliphatic carbocycles. The number of carbonyl (C=O) groups excluding carboxylic acids is 4. The molecule has 9 heteroatoms. The van der Waals surface area contributed by atoms with E-state index in [1.165, 1.54) is 4.90 Å². The van der Waals surface area contributed by atoms with E-state index in [2.05, 4.69) is 17.2 Å². The van der Waals surface area contributed by atoms with E-state index in [1.54, 1.807) is 17.0 Å². The van der Waals surface area contributed by atoms with Gasteiger partial charge in [0, 0.05) is 49.1 Å². The fraction of sp³-hybridized carbons (Fsp3) is 0.571. The van der Waals surface area contributed by atoms with E-state index < -0.39 is 17.6 Å². The average molecular weight is 509 g/mol. The van der Waals surface area contributed by atoms with Crippen molar-refractivity contribution in [3.05, 3.63) is 34.9 Å². The van der Waals surface area contributed by atoms with Crippen LogP contribution in [-0.2, 0) is 20.9 Å². The average Bonchev–Trinajstić information content (AvgIpc) is 3.16. The van der Waals surface area contributed by atoms with Gasteiger partial charge in [0.05, 0.1) is 0 Å². The van der Waals surface area contributed by atoms with Crippen LogP contribution in [0.5, 0.6) is 0 Å². The van der Waals surface area contributed by atoms with Crippen molar-refractivity contribution in [1.29, 1.82) is 0 Å². The highest BCUT2D eigenvalue weighted by atomic mass is 16.6. The number of ether oxygens (including phenoxy) is 1. The molecule has 2 heterocycles. The highest BCUT2D eigenvalue weighted by Crippen LogP contribution is 2.29. The normalized spacial score (nSPS) is 23.6. The van der Waals surface area contributed by atoms with Gasteiger partial charge in [0.25, 0.3) is 5.91 Å². The van der Waals surface area contributed by atoms with Gasteiger partial charge in [-0.05, 0) is 70.6 Å². The minimum Gasteiger partial charge on any atom is -0.444 e. The highest BCUT2D eigenvalue weighted by Gasteiger charge is 2.39. The SMILES string of the molecule is CC(C)(C)OC(=O)N(CCC#Cc1cccc2c1CN(C1CCC(=O)NC1=O)C2=O)[C@H]1CC[C@H](N)CC1. The van der Waals surface area contributed by atoms with Crippen LogP contribution < -0.4 is 11.1 Å². The molecule has 1 saturated carbocycles. The van der Waals surface area contributed by atoms with Crippen molar-refractivity contribution in [3.63, 3.8) is 0 Å². The molecule has 3 N–H and O–H groups in total. The summed E-state index contributed by atoms with van der Waals surface area (Å²) >= 11 is 0. The molecule has 2 fully saturated rings. The lowest BCUT2D eigenvalue weighted by Gasteiger charge is -2.36. The predicted molar refractivity (Wildman–Crippen MR) is 137 cm³/mol. The molecule has 4 rings (SSSR count). The first kappa shape index (κ1) is 26.7. The fourth-order valence-corrected chi connectivity index (χ4v) is 5.19. The Balaban J connectivity index is 1.45. The lowest BCUT2D eigenvalue weighted by atomic mass is 9.91. The molecule has 0 aromatic heterocycles. The van der Waals surface area contributed by atoms with Gasteiger partial charge < -0.3 is 20.3 Å². The van der Waals surface area contributed by atoms with Gasteiger partial charge in [-0.2, -0.15) is 0 Å². The third-order valence-electron chi connectivity index (χ3n) is 7.09. The van der Waals surface area contributed by atoms with E-state index in [0.717, 1.165) is 36.8 Å². The van der Waals surface area contributed by atoms with E-state index in [-0.39, 0.29) is 43.0 Å². The van der Waals surface area contributed by atoms with Crippen LogP contribution in [0.25, 0.3) is 0 Å². The zero-order chi connectivity index (χ0) is 26.7. The molecule has 0 spiro atoms. The number of nitrogens with zero attached hydrogens (tertiary/aromatic N) is 2. The summed E-state index contributed by atoms with van der Waals surface area (Å²) in [6, 6.07) is 4.99. The van der Waals surface area contributed by atoms with Gasteiger partial charge in [-0.25, -0.2) is 4.79 Å². The van der Waals surface area contributed by atoms with Crippen molar-refractivity contribution in [2.24, 2.45) is 5.73 Å². The van der Waals surface area contributed by atoms with Gasteiger partial charge in [0.15, 0.2) is 0 Å². The number of nitrogens with two attached hydrogens (primary N) is 1. The third kappa shape index (κ3) is 6.31. The Morgan fingerprint density at radius 3 is 2.57 bits per heavy atom. The van der Waals surface area contributed by atoms with Crippen molar-refractivity contribution in [3.8, 4) is 11.8 Å². The van der Waals surface area contributed by atoms with Gasteiger partial charge in [-0.15, -0.1) is 0 Å². The molecule has 2 aliphatic heterocycles. The molecule has 4 amide bonds. The molecule has 0 bridgehead atoms. The van der Waals surface area contributed by atoms with E-state index >= 15 is 0 Å². The molecule has 1 atom stereocenters. The first-order valence-electron chi connectivity index (χ1n) is 13.0. The van der Waals surface area contributed by atoms with E-state index in [4.69, 9.17) is 10.5 Å². The van der Waals surface area contributed by atoms with E-state index in [0.29, 0.717) is 24.9 Å². The maximum absolute atomic E-state index is 13.0. The van der Waals surface area contributed by atoms with E-state index in [1.807, 2.05) is 26.8 Å². The van der Waals surface area contributed by atoms with Crippen molar-refractivity contribution >= 4 is 23.8 Å². The molecule has 37 heavy (non-hydrogen) atoms. The van der Waals surface area contributed by atoms with Gasteiger partial charge in [-0.3, -0.25) is 19.7 Å². The lowest BCUT2D eigenvalue weighted by Crippen LogP contribution is -2.52. The lowest BCUT2D eigenvalue weighted by molar-refractivity contribution is -0.136. The number of benzene rings is 1. The topological polar surface area (TPSA) is 122 Å². The summed E-state index contributed by atoms with van der Waals surface area (Å²) < 4.78 is 5.66. The molecule has 198 valence electrons. The molecule has 1 unspecified atom stereocenters. The van der Waals surface area contributed by atoms with Crippen LogP contribution >= 0.6 is 0 Å². The standard InChI is InChI=1S/C28H36N4O5/c1-28(2,3)37-27(36)31(20-12-10-19(29)11-13-20)16-5-4-7-18-8-6-9-21-22(18)17-32(26(21)35)23-14-15-24(33)30-25(23)34/h6,8-9,19-20,23H,5,10-17,29H2,1-3H3,(H,30,33,34)/t19-,20-,23?. The molecule has 3 aliphatic rings. The largest absolute Gasteiger partial charge is 0.444 e. The molecule has 1 saturated heterocycles. The summed E-state index contributed by atoms with van der Waals surface area (Å²) in [7, 11) is 0. The van der Waals surface area contributed by atoms with Gasteiger partial charge in [0.2, 0.25) is 11.8 Å². The number of nitrogens with one attached hydrogen (secondary N) is 1. The Morgan fingerprint density at radius 1 is 1.16 bits per heavy atom. The number of carbonyl (C=O) groups is 4. The Kier molecular flexibility index (Phi) is 7.88. The minimum atomic E-state index is -0.663. The van der Waals surface area contributed by atoms with Crippen LogP contribution in [0, 0.1) is 11.8 Å². The summed E-state index contributed by atoms with van der Waals surface area (Å²) in [5.74, 6) is 5.38. The van der Waals surface area contributed by atoms with Gasteiger partial charge >= 0.3 is 6.09 Å². The summed E-state index contributed by atoms with van der Waals surface area (Å²) in [6.07, 6.45) is 4.10. The number of hydrogen-bond donors (Lipinski definition) is 2. The maximum atomic E-state index is 13.0. The second kappa shape index (κ2) is 10.9. The first-order chi connectivity index (χ1) is 17.5. The molecular weight excluding hydrogens is 472 g/mol. The van der Waals surface area contributed by atoms with Crippen LogP contribution in [-0.4, -0.2) is 63.9 Å². The Bertz CT molecular complexity index is 1140. The predicted octanol–water partition coefficient (Wildman–Crippen LogP) is 2.70. The third-order valence-corrected chi connectivity index (χ3v) is 7.09. The van der Waals surface area contributed by atoms with Crippen LogP contribution in [0.3, 0.4) is 0 Å². The van der Waals surface area contributed by atoms with Crippen LogP contribution in [0.15, 0.2) is 18.2 Å². The Labute approximate surface area is 218 Å². The summed E-state index contributed by atoms with van der Waals surface area (Å²) in [5.41, 5.74) is 7.53. The number of rotatable bonds is 4. The molecule has 1 aromatic carbocycles. The highest BCUT2D eigenvalue weighted by molar-refractivity contribution is 6.05. The summed E-state index contributed by atoms with van der Waals surface area (Å²) in [4.78, 5) is 53.1. The quantitative estimate of drug-likeness (QED) is 0.476. The Hall–Kier alpha value is -3.38. The second-order valence-electron chi connectivity index (χ2n) is 11.0. The second-order valence-corrected chi connectivity index (χ2v) is 11.0. The fourth-order valence-electron chi connectivity index (χ4n) is 5.19. The smallest absolute Gasteiger partial charge is 0.410 e. The maximum Gasteiger partial charge on any atom is 0.410 e. The number of fused-ring (bicyclic) bond motifs is 1. The monoisotopic (exact) mass is 508 g/mol. The molecule has 1 aromatic rings. The van der Waals surface area contributed by atoms with Gasteiger partial charge in [-0.1, -0.05) is 17.9 Å². The van der Waals surface area contributed by atoms with Crippen molar-refractivity contribution < 1.29 is 23.9 Å². The molecular formula is C28H36N4O5. The van der Waals surface area contributed by atoms with Crippen LogP contribution in [0.4, 0.5) is 4.79 Å². The Morgan fingerprint density at radius 2 is 1.89 bits per heavy atom. The summed E-state index contributed by atoms with van der Waals surface area (Å²) in [6.45, 7) is 6.29. The summed E-state index contributed by atoms with van der Waals surface area (Å²) in [5, 5.41) is 2.32. The van der Waals surface area contributed by atoms with Crippen molar-refractivity contribution in [2.45, 2.75) is 96.0 Å². The first-order valence-corrected chi connectivity index (χ1v) is 13.0. The zero-order valence-corrected chi connectivity index (χ0v) is 21.8. The van der Waals surface area contributed by atoms with Crippen molar-refractivity contribution in [1.82, 2.24) is 15.1 Å². The van der Waals surface area contributed by atoms with Crippen LogP contribution in [0.2, 0.25) is 0 Å².